The van der Waals surface area contributed by atoms with E-state index in [1.165, 1.54) is 0 Å². The smallest absolute Gasteiger partial charge is 0.228 e. The molecule has 0 aliphatic carbocycles. The van der Waals surface area contributed by atoms with Crippen molar-refractivity contribution in [3.63, 3.8) is 0 Å². The maximum Gasteiger partial charge on any atom is 0.417 e. The van der Waals surface area contributed by atoms with Crippen molar-refractivity contribution in [1.82, 2.24) is 0 Å². The lowest BCUT2D eigenvalue weighted by atomic mass is 10.3. The SMILES string of the molecule is CC(C)/C=N/S(=O)C(F)(F)C(F)(F)Cl. The monoisotopic (exact) mass is 253 g/mol. The molecular weight excluding hydrogens is 246 g/mol. The van der Waals surface area contributed by atoms with Crippen LogP contribution in [0.4, 0.5) is 17.6 Å². The van der Waals surface area contributed by atoms with Crippen molar-refractivity contribution in [3.8, 4) is 0 Å². The van der Waals surface area contributed by atoms with Crippen molar-refractivity contribution in [1.29, 1.82) is 0 Å². The van der Waals surface area contributed by atoms with Gasteiger partial charge in [-0.1, -0.05) is 13.8 Å². The highest BCUT2D eigenvalue weighted by Gasteiger charge is 2.60. The molecule has 0 aromatic heterocycles. The largest absolute Gasteiger partial charge is 0.417 e. The molecule has 14 heavy (non-hydrogen) atoms. The van der Waals surface area contributed by atoms with Crippen molar-refractivity contribution in [3.05, 3.63) is 0 Å². The van der Waals surface area contributed by atoms with Gasteiger partial charge in [0.2, 0.25) is 11.0 Å². The molecule has 0 fully saturated rings. The lowest BCUT2D eigenvalue weighted by Gasteiger charge is -2.17. The summed E-state index contributed by atoms with van der Waals surface area (Å²) in [6.45, 7) is 3.13. The van der Waals surface area contributed by atoms with Crippen LogP contribution in [0.25, 0.3) is 0 Å². The second-order valence-corrected chi connectivity index (χ2v) is 4.46. The highest BCUT2D eigenvalue weighted by atomic mass is 35.5. The van der Waals surface area contributed by atoms with Gasteiger partial charge in [-0.2, -0.15) is 22.0 Å². The zero-order valence-corrected chi connectivity index (χ0v) is 8.88. The molecule has 0 aromatic rings. The molecule has 0 aliphatic rings. The van der Waals surface area contributed by atoms with E-state index in [-0.39, 0.29) is 5.92 Å². The van der Waals surface area contributed by atoms with E-state index in [1.807, 2.05) is 0 Å². The molecule has 2 nitrogen and oxygen atoms in total. The molecular formula is C6H8ClF4NOS. The van der Waals surface area contributed by atoms with Crippen LogP contribution in [-0.2, 0) is 11.0 Å². The van der Waals surface area contributed by atoms with Gasteiger partial charge < -0.3 is 0 Å². The van der Waals surface area contributed by atoms with Crippen LogP contribution >= 0.6 is 11.6 Å². The van der Waals surface area contributed by atoms with Crippen LogP contribution in [-0.4, -0.2) is 21.1 Å². The summed E-state index contributed by atoms with van der Waals surface area (Å²) in [7, 11) is -3.37. The fraction of sp³-hybridized carbons (Fsp3) is 0.833. The third-order valence-electron chi connectivity index (χ3n) is 1.00. The summed E-state index contributed by atoms with van der Waals surface area (Å²) >= 11 is 4.08. The van der Waals surface area contributed by atoms with Gasteiger partial charge in [0.1, 0.15) is 0 Å². The van der Waals surface area contributed by atoms with Crippen LogP contribution in [0, 0.1) is 5.92 Å². The first-order chi connectivity index (χ1) is 6.09. The number of alkyl halides is 5. The minimum Gasteiger partial charge on any atom is -0.228 e. The second-order valence-electron chi connectivity index (χ2n) is 2.76. The van der Waals surface area contributed by atoms with Gasteiger partial charge in [0.15, 0.2) is 0 Å². The van der Waals surface area contributed by atoms with Crippen LogP contribution in [0.3, 0.4) is 0 Å². The highest BCUT2D eigenvalue weighted by Crippen LogP contribution is 2.40. The number of hydrogen-bond donors (Lipinski definition) is 0. The van der Waals surface area contributed by atoms with Gasteiger partial charge in [0.25, 0.3) is 0 Å². The van der Waals surface area contributed by atoms with Gasteiger partial charge in [-0.05, 0) is 17.5 Å². The molecule has 1 atom stereocenters. The second kappa shape index (κ2) is 4.57. The molecule has 8 heteroatoms. The lowest BCUT2D eigenvalue weighted by molar-refractivity contribution is -0.0932. The Morgan fingerprint density at radius 1 is 1.36 bits per heavy atom. The van der Waals surface area contributed by atoms with E-state index in [9.17, 15) is 21.8 Å². The van der Waals surface area contributed by atoms with Gasteiger partial charge in [0.05, 0.1) is 0 Å². The van der Waals surface area contributed by atoms with Crippen LogP contribution in [0.5, 0.6) is 0 Å². The molecule has 0 aromatic carbocycles. The number of hydrogen-bond acceptors (Lipinski definition) is 1. The Labute approximate surface area is 85.9 Å². The zero-order valence-electron chi connectivity index (χ0n) is 7.31. The Balaban J connectivity index is 4.69. The predicted molar refractivity (Wildman–Crippen MR) is 47.2 cm³/mol. The number of rotatable bonds is 4. The summed E-state index contributed by atoms with van der Waals surface area (Å²) in [6.07, 6.45) is 0.895. The van der Waals surface area contributed by atoms with E-state index in [4.69, 9.17) is 0 Å². The molecule has 0 bridgehead atoms. The van der Waals surface area contributed by atoms with Crippen molar-refractivity contribution in [2.75, 3.05) is 0 Å². The third-order valence-corrected chi connectivity index (χ3v) is 2.36. The molecule has 84 valence electrons. The van der Waals surface area contributed by atoms with E-state index >= 15 is 0 Å². The van der Waals surface area contributed by atoms with E-state index in [0.29, 0.717) is 0 Å². The van der Waals surface area contributed by atoms with Gasteiger partial charge in [0, 0.05) is 6.21 Å². The maximum absolute atomic E-state index is 12.5. The number of halogens is 5. The van der Waals surface area contributed by atoms with Gasteiger partial charge >= 0.3 is 10.6 Å². The molecule has 0 saturated heterocycles. The van der Waals surface area contributed by atoms with Crippen molar-refractivity contribution < 1.29 is 21.8 Å². The molecule has 0 radical (unpaired) electrons. The summed E-state index contributed by atoms with van der Waals surface area (Å²) in [6, 6.07) is 0. The van der Waals surface area contributed by atoms with Crippen LogP contribution in [0.1, 0.15) is 13.8 Å². The normalized spacial score (nSPS) is 16.6. The summed E-state index contributed by atoms with van der Waals surface area (Å²) in [5, 5.41) is -9.73. The van der Waals surface area contributed by atoms with E-state index < -0.39 is 21.6 Å². The van der Waals surface area contributed by atoms with Gasteiger partial charge in [-0.25, -0.2) is 4.21 Å². The molecule has 0 saturated carbocycles. The van der Waals surface area contributed by atoms with Crippen molar-refractivity contribution in [2.24, 2.45) is 10.3 Å². The average Bonchev–Trinajstić information content (AvgIpc) is 1.97. The summed E-state index contributed by atoms with van der Waals surface area (Å²) in [5.74, 6) is -0.265. The Morgan fingerprint density at radius 2 is 1.79 bits per heavy atom. The molecule has 0 rings (SSSR count). The van der Waals surface area contributed by atoms with E-state index in [2.05, 4.69) is 16.0 Å². The van der Waals surface area contributed by atoms with Gasteiger partial charge in [-0.3, -0.25) is 0 Å². The third kappa shape index (κ3) is 3.53. The lowest BCUT2D eigenvalue weighted by Crippen LogP contribution is -2.38. The first kappa shape index (κ1) is 13.8. The molecule has 0 amide bonds. The Morgan fingerprint density at radius 3 is 2.07 bits per heavy atom. The maximum atomic E-state index is 12.5. The molecule has 0 heterocycles. The fourth-order valence-corrected chi connectivity index (χ4v) is 1.22. The van der Waals surface area contributed by atoms with Crippen LogP contribution in [0.15, 0.2) is 4.40 Å². The average molecular weight is 254 g/mol. The summed E-state index contributed by atoms with van der Waals surface area (Å²) in [4.78, 5) is 0. The van der Waals surface area contributed by atoms with Crippen molar-refractivity contribution in [2.45, 2.75) is 24.5 Å². The predicted octanol–water partition coefficient (Wildman–Crippen LogP) is 2.80. The Kier molecular flexibility index (Phi) is 4.51. The highest BCUT2D eigenvalue weighted by molar-refractivity contribution is 7.85. The first-order valence-electron chi connectivity index (χ1n) is 3.49. The fourth-order valence-electron chi connectivity index (χ4n) is 0.342. The van der Waals surface area contributed by atoms with Crippen LogP contribution < -0.4 is 0 Å². The first-order valence-corrected chi connectivity index (χ1v) is 4.98. The molecule has 0 aliphatic heterocycles. The molecule has 1 unspecified atom stereocenters. The van der Waals surface area contributed by atoms with Crippen LogP contribution in [0.2, 0.25) is 0 Å². The minimum atomic E-state index is -4.87. The Hall–Kier alpha value is -0.170. The van der Waals surface area contributed by atoms with E-state index in [0.717, 1.165) is 6.21 Å². The molecule has 0 N–H and O–H groups in total. The standard InChI is InChI=1S/C6H8ClF4NOS/c1-4(2)3-12-14(13)6(10,11)5(7,8)9/h3-4H,1-2H3/b12-3+. The van der Waals surface area contributed by atoms with E-state index in [1.54, 1.807) is 13.8 Å². The molecule has 0 spiro atoms. The quantitative estimate of drug-likeness (QED) is 0.430. The number of nitrogens with zero attached hydrogens (tertiary/aromatic N) is 1. The topological polar surface area (TPSA) is 29.4 Å². The zero-order chi connectivity index (χ0) is 11.6. The minimum absolute atomic E-state index is 0.265. The van der Waals surface area contributed by atoms with Gasteiger partial charge in [-0.15, -0.1) is 0 Å². The summed E-state index contributed by atoms with van der Waals surface area (Å²) < 4.78 is 62.4. The Bertz CT molecular complexity index is 251. The summed E-state index contributed by atoms with van der Waals surface area (Å²) in [5.41, 5.74) is 0. The van der Waals surface area contributed by atoms with Crippen molar-refractivity contribution >= 4 is 28.8 Å².